The molecule has 3 amide bonds. The van der Waals surface area contributed by atoms with E-state index in [1.54, 1.807) is 24.3 Å². The van der Waals surface area contributed by atoms with Gasteiger partial charge in [-0.05, 0) is 30.2 Å². The number of aromatic nitrogens is 1. The molecule has 0 saturated heterocycles. The summed E-state index contributed by atoms with van der Waals surface area (Å²) in [6.45, 7) is 2.04. The minimum absolute atomic E-state index is 0.0124. The molecule has 42 heavy (non-hydrogen) atoms. The van der Waals surface area contributed by atoms with Gasteiger partial charge in [0.1, 0.15) is 12.3 Å². The zero-order valence-electron chi connectivity index (χ0n) is 23.1. The number of para-hydroxylation sites is 1. The van der Waals surface area contributed by atoms with Crippen molar-refractivity contribution >= 4 is 28.6 Å². The minimum atomic E-state index is -0.356. The molecule has 1 N–H and O–H groups in total. The molecule has 2 heterocycles. The number of ether oxygens (including phenoxy) is 1. The summed E-state index contributed by atoms with van der Waals surface area (Å²) in [6, 6.07) is 33.4. The number of carbonyl (C=O) groups is 3. The van der Waals surface area contributed by atoms with Crippen molar-refractivity contribution in [2.45, 2.75) is 19.4 Å². The molecule has 1 aliphatic heterocycles. The quantitative estimate of drug-likeness (QED) is 0.211. The van der Waals surface area contributed by atoms with E-state index in [9.17, 15) is 14.4 Å². The van der Waals surface area contributed by atoms with Gasteiger partial charge in [-0.15, -0.1) is 0 Å². The third-order valence-corrected chi connectivity index (χ3v) is 7.48. The van der Waals surface area contributed by atoms with E-state index in [0.29, 0.717) is 45.5 Å². The molecule has 0 fully saturated rings. The standard InChI is InChI=1S/C35H29N3O4/c1-2-28(23-13-5-3-6-14-23)37-33(39)30-27-19-11-12-20-29(27)36-31(24-15-7-4-8-16-24)32(30)42-22-21-38-34(40)25-17-9-10-18-26(25)35(38)41/h3-20,28H,2,21-22H2,1H3,(H,37,39). The molecule has 4 aromatic carbocycles. The normalized spacial score (nSPS) is 13.2. The largest absolute Gasteiger partial charge is 0.489 e. The molecule has 1 aliphatic rings. The lowest BCUT2D eigenvalue weighted by Gasteiger charge is -2.22. The zero-order valence-corrected chi connectivity index (χ0v) is 23.1. The van der Waals surface area contributed by atoms with Gasteiger partial charge >= 0.3 is 0 Å². The number of fused-ring (bicyclic) bond motifs is 2. The number of amides is 3. The maximum absolute atomic E-state index is 14.1. The van der Waals surface area contributed by atoms with Crippen molar-refractivity contribution < 1.29 is 19.1 Å². The SMILES string of the molecule is CCC(NC(=O)c1c(OCCN2C(=O)c3ccccc3C2=O)c(-c2ccccc2)nc2ccccc12)c1ccccc1. The predicted octanol–water partition coefficient (Wildman–Crippen LogP) is 6.46. The van der Waals surface area contributed by atoms with Gasteiger partial charge < -0.3 is 10.1 Å². The highest BCUT2D eigenvalue weighted by Gasteiger charge is 2.35. The van der Waals surface area contributed by atoms with Gasteiger partial charge in [-0.25, -0.2) is 4.98 Å². The summed E-state index contributed by atoms with van der Waals surface area (Å²) < 4.78 is 6.36. The fourth-order valence-corrected chi connectivity index (χ4v) is 5.37. The maximum atomic E-state index is 14.1. The maximum Gasteiger partial charge on any atom is 0.261 e. The van der Waals surface area contributed by atoms with Crippen LogP contribution in [0.15, 0.2) is 109 Å². The number of hydrogen-bond acceptors (Lipinski definition) is 5. The van der Waals surface area contributed by atoms with Gasteiger partial charge in [0.25, 0.3) is 17.7 Å². The molecule has 0 saturated carbocycles. The molecule has 7 heteroatoms. The summed E-state index contributed by atoms with van der Waals surface area (Å²) in [5.41, 5.74) is 4.07. The number of nitrogens with one attached hydrogen (secondary N) is 1. The van der Waals surface area contributed by atoms with Crippen LogP contribution in [0, 0.1) is 0 Å². The molecule has 1 unspecified atom stereocenters. The van der Waals surface area contributed by atoms with Crippen molar-refractivity contribution in [2.75, 3.05) is 13.2 Å². The molecule has 0 bridgehead atoms. The topological polar surface area (TPSA) is 88.6 Å². The molecule has 0 aliphatic carbocycles. The Balaban J connectivity index is 1.39. The van der Waals surface area contributed by atoms with Crippen LogP contribution in [0.2, 0.25) is 0 Å². The Morgan fingerprint density at radius 3 is 2.07 bits per heavy atom. The molecular weight excluding hydrogens is 526 g/mol. The van der Waals surface area contributed by atoms with Crippen LogP contribution in [-0.4, -0.2) is 40.8 Å². The highest BCUT2D eigenvalue weighted by Crippen LogP contribution is 2.37. The number of imide groups is 1. The van der Waals surface area contributed by atoms with E-state index in [2.05, 4.69) is 5.32 Å². The van der Waals surface area contributed by atoms with Crippen LogP contribution in [-0.2, 0) is 0 Å². The average Bonchev–Trinajstić information content (AvgIpc) is 3.28. The molecular formula is C35H29N3O4. The number of carbonyl (C=O) groups excluding carboxylic acids is 3. The van der Waals surface area contributed by atoms with Crippen LogP contribution >= 0.6 is 0 Å². The van der Waals surface area contributed by atoms with Crippen LogP contribution in [0.3, 0.4) is 0 Å². The number of rotatable bonds is 9. The lowest BCUT2D eigenvalue weighted by Crippen LogP contribution is -2.34. The molecule has 7 nitrogen and oxygen atoms in total. The van der Waals surface area contributed by atoms with Gasteiger partial charge in [0.2, 0.25) is 0 Å². The second-order valence-electron chi connectivity index (χ2n) is 10.0. The Kier molecular flexibility index (Phi) is 7.47. The summed E-state index contributed by atoms with van der Waals surface area (Å²) in [5, 5.41) is 3.85. The summed E-state index contributed by atoms with van der Waals surface area (Å²) in [6.07, 6.45) is 0.695. The number of nitrogens with zero attached hydrogens (tertiary/aromatic N) is 2. The first-order valence-electron chi connectivity index (χ1n) is 14.0. The summed E-state index contributed by atoms with van der Waals surface area (Å²) in [4.78, 5) is 46.1. The van der Waals surface area contributed by atoms with Crippen LogP contribution in [0.5, 0.6) is 5.75 Å². The second-order valence-corrected chi connectivity index (χ2v) is 10.0. The smallest absolute Gasteiger partial charge is 0.261 e. The van der Waals surface area contributed by atoms with Gasteiger partial charge in [-0.2, -0.15) is 0 Å². The van der Waals surface area contributed by atoms with E-state index in [1.807, 2.05) is 91.9 Å². The Morgan fingerprint density at radius 2 is 1.40 bits per heavy atom. The molecule has 0 radical (unpaired) electrons. The Morgan fingerprint density at radius 1 is 0.810 bits per heavy atom. The lowest BCUT2D eigenvalue weighted by molar-refractivity contribution is 0.0629. The van der Waals surface area contributed by atoms with Gasteiger partial charge in [-0.3, -0.25) is 19.3 Å². The van der Waals surface area contributed by atoms with Crippen LogP contribution < -0.4 is 10.1 Å². The van der Waals surface area contributed by atoms with Crippen molar-refractivity contribution in [1.82, 2.24) is 15.2 Å². The monoisotopic (exact) mass is 555 g/mol. The summed E-state index contributed by atoms with van der Waals surface area (Å²) in [5.74, 6) is -0.703. The number of benzene rings is 4. The van der Waals surface area contributed by atoms with E-state index in [4.69, 9.17) is 9.72 Å². The Hall–Kier alpha value is -5.30. The first-order valence-corrected chi connectivity index (χ1v) is 14.0. The van der Waals surface area contributed by atoms with Crippen molar-refractivity contribution in [2.24, 2.45) is 0 Å². The number of pyridine rings is 1. The van der Waals surface area contributed by atoms with Gasteiger partial charge in [-0.1, -0.05) is 97.9 Å². The molecule has 208 valence electrons. The van der Waals surface area contributed by atoms with E-state index < -0.39 is 0 Å². The van der Waals surface area contributed by atoms with Crippen molar-refractivity contribution in [3.63, 3.8) is 0 Å². The highest BCUT2D eigenvalue weighted by molar-refractivity contribution is 6.21. The van der Waals surface area contributed by atoms with Crippen molar-refractivity contribution in [3.05, 3.63) is 131 Å². The van der Waals surface area contributed by atoms with Gasteiger partial charge in [0, 0.05) is 10.9 Å². The zero-order chi connectivity index (χ0) is 29.1. The van der Waals surface area contributed by atoms with E-state index in [0.717, 1.165) is 11.1 Å². The second kappa shape index (κ2) is 11.7. The molecule has 0 spiro atoms. The van der Waals surface area contributed by atoms with E-state index in [-0.39, 0.29) is 36.9 Å². The highest BCUT2D eigenvalue weighted by atomic mass is 16.5. The Labute approximate surface area is 243 Å². The molecule has 1 aromatic heterocycles. The third kappa shape index (κ3) is 5.01. The average molecular weight is 556 g/mol. The Bertz CT molecular complexity index is 1750. The fourth-order valence-electron chi connectivity index (χ4n) is 5.37. The summed E-state index contributed by atoms with van der Waals surface area (Å²) >= 11 is 0. The van der Waals surface area contributed by atoms with Gasteiger partial charge in [0.15, 0.2) is 5.75 Å². The summed E-state index contributed by atoms with van der Waals surface area (Å²) in [7, 11) is 0. The minimum Gasteiger partial charge on any atom is -0.489 e. The molecule has 6 rings (SSSR count). The first kappa shape index (κ1) is 26.9. The third-order valence-electron chi connectivity index (χ3n) is 7.48. The fraction of sp³-hybridized carbons (Fsp3) is 0.143. The van der Waals surface area contributed by atoms with E-state index in [1.165, 1.54) is 4.90 Å². The van der Waals surface area contributed by atoms with Crippen LogP contribution in [0.4, 0.5) is 0 Å². The predicted molar refractivity (Wildman–Crippen MR) is 161 cm³/mol. The van der Waals surface area contributed by atoms with Gasteiger partial charge in [0.05, 0.1) is 34.8 Å². The van der Waals surface area contributed by atoms with E-state index >= 15 is 0 Å². The first-order chi connectivity index (χ1) is 20.6. The van der Waals surface area contributed by atoms with Crippen LogP contribution in [0.25, 0.3) is 22.2 Å². The lowest BCUT2D eigenvalue weighted by atomic mass is 10.00. The molecule has 5 aromatic rings. The molecule has 1 atom stereocenters. The van der Waals surface area contributed by atoms with Crippen molar-refractivity contribution in [3.8, 4) is 17.0 Å². The number of hydrogen-bond donors (Lipinski definition) is 1. The van der Waals surface area contributed by atoms with Crippen molar-refractivity contribution in [1.29, 1.82) is 0 Å². The van der Waals surface area contributed by atoms with Crippen LogP contribution in [0.1, 0.15) is 56.0 Å².